The van der Waals surface area contributed by atoms with E-state index in [1.807, 2.05) is 19.1 Å². The lowest BCUT2D eigenvalue weighted by atomic mass is 10.2. The Morgan fingerprint density at radius 1 is 1.32 bits per heavy atom. The molecule has 0 aromatic heterocycles. The highest BCUT2D eigenvalue weighted by Gasteiger charge is 2.06. The first-order chi connectivity index (χ1) is 9.17. The molecule has 1 aromatic rings. The van der Waals surface area contributed by atoms with Gasteiger partial charge in [0.1, 0.15) is 0 Å². The Bertz CT molecular complexity index is 444. The molecule has 0 aliphatic carbocycles. The summed E-state index contributed by atoms with van der Waals surface area (Å²) >= 11 is 0. The van der Waals surface area contributed by atoms with Crippen molar-refractivity contribution in [1.29, 1.82) is 0 Å². The number of amides is 1. The highest BCUT2D eigenvalue weighted by molar-refractivity contribution is 5.84. The summed E-state index contributed by atoms with van der Waals surface area (Å²) in [6.45, 7) is 3.85. The lowest BCUT2D eigenvalue weighted by Gasteiger charge is -2.09. The first kappa shape index (κ1) is 15.0. The second kappa shape index (κ2) is 8.13. The van der Waals surface area contributed by atoms with E-state index in [4.69, 9.17) is 9.47 Å². The van der Waals surface area contributed by atoms with Gasteiger partial charge >= 0.3 is 0 Å². The normalized spacial score (nSPS) is 11.0. The smallest absolute Gasteiger partial charge is 0.277 e. The van der Waals surface area contributed by atoms with Gasteiger partial charge in [0.2, 0.25) is 0 Å². The number of benzene rings is 1. The maximum Gasteiger partial charge on any atom is 0.277 e. The van der Waals surface area contributed by atoms with Crippen molar-refractivity contribution in [3.05, 3.63) is 24.3 Å². The Hall–Kier alpha value is -2.04. The molecule has 1 amide bonds. The molecule has 0 atom stereocenters. The predicted octanol–water partition coefficient (Wildman–Crippen LogP) is 2.37. The van der Waals surface area contributed by atoms with Gasteiger partial charge in [-0.25, -0.2) is 5.43 Å². The number of nitrogens with one attached hydrogen (secondary N) is 1. The van der Waals surface area contributed by atoms with Crippen LogP contribution in [0.3, 0.4) is 0 Å². The standard InChI is InChI=1S/C14H20N2O3/c1-4-7-11(2)15-16-14(17)10-19-13-9-6-5-8-12(13)18-3/h5-6,8-9H,4,7,10H2,1-3H3,(H,16,17)/b15-11-. The van der Waals surface area contributed by atoms with Crippen LogP contribution in [0.25, 0.3) is 0 Å². The molecule has 0 unspecified atom stereocenters. The van der Waals surface area contributed by atoms with Crippen molar-refractivity contribution in [1.82, 2.24) is 5.43 Å². The Morgan fingerprint density at radius 2 is 2.00 bits per heavy atom. The molecule has 0 bridgehead atoms. The van der Waals surface area contributed by atoms with Crippen molar-refractivity contribution >= 4 is 11.6 Å². The molecule has 19 heavy (non-hydrogen) atoms. The lowest BCUT2D eigenvalue weighted by molar-refractivity contribution is -0.123. The van der Waals surface area contributed by atoms with Crippen LogP contribution in [0.5, 0.6) is 11.5 Å². The van der Waals surface area contributed by atoms with Crippen LogP contribution in [0.1, 0.15) is 26.7 Å². The Balaban J connectivity index is 2.44. The minimum absolute atomic E-state index is 0.0940. The van der Waals surface area contributed by atoms with Gasteiger partial charge in [-0.05, 0) is 25.5 Å². The highest BCUT2D eigenvalue weighted by atomic mass is 16.5. The van der Waals surface area contributed by atoms with Crippen LogP contribution in [0.15, 0.2) is 29.4 Å². The summed E-state index contributed by atoms with van der Waals surface area (Å²) in [6.07, 6.45) is 1.87. The summed E-state index contributed by atoms with van der Waals surface area (Å²) in [5, 5.41) is 3.97. The van der Waals surface area contributed by atoms with Crippen LogP contribution >= 0.6 is 0 Å². The summed E-state index contributed by atoms with van der Waals surface area (Å²) in [6, 6.07) is 7.18. The predicted molar refractivity (Wildman–Crippen MR) is 74.6 cm³/mol. The molecule has 104 valence electrons. The first-order valence-corrected chi connectivity index (χ1v) is 6.25. The van der Waals surface area contributed by atoms with E-state index in [9.17, 15) is 4.79 Å². The fourth-order valence-corrected chi connectivity index (χ4v) is 1.49. The largest absolute Gasteiger partial charge is 0.493 e. The van der Waals surface area contributed by atoms with E-state index >= 15 is 0 Å². The summed E-state index contributed by atoms with van der Waals surface area (Å²) in [4.78, 5) is 11.5. The fraction of sp³-hybridized carbons (Fsp3) is 0.429. The van der Waals surface area contributed by atoms with Gasteiger partial charge in [-0.2, -0.15) is 5.10 Å². The highest BCUT2D eigenvalue weighted by Crippen LogP contribution is 2.25. The third-order valence-electron chi connectivity index (χ3n) is 2.41. The fourth-order valence-electron chi connectivity index (χ4n) is 1.49. The van der Waals surface area contributed by atoms with E-state index in [-0.39, 0.29) is 12.5 Å². The zero-order valence-electron chi connectivity index (χ0n) is 11.6. The quantitative estimate of drug-likeness (QED) is 0.607. The van der Waals surface area contributed by atoms with Crippen molar-refractivity contribution in [3.63, 3.8) is 0 Å². The van der Waals surface area contributed by atoms with Crippen LogP contribution in [0, 0.1) is 0 Å². The topological polar surface area (TPSA) is 59.9 Å². The number of carbonyl (C=O) groups is 1. The minimum atomic E-state index is -0.290. The van der Waals surface area contributed by atoms with Crippen LogP contribution < -0.4 is 14.9 Å². The van der Waals surface area contributed by atoms with Crippen LogP contribution in [-0.2, 0) is 4.79 Å². The summed E-state index contributed by atoms with van der Waals surface area (Å²) in [7, 11) is 1.56. The van der Waals surface area contributed by atoms with E-state index in [2.05, 4.69) is 17.5 Å². The van der Waals surface area contributed by atoms with Crippen molar-refractivity contribution in [2.45, 2.75) is 26.7 Å². The second-order valence-electron chi connectivity index (χ2n) is 4.07. The van der Waals surface area contributed by atoms with Crippen LogP contribution in [-0.4, -0.2) is 25.3 Å². The van der Waals surface area contributed by atoms with E-state index in [0.717, 1.165) is 18.6 Å². The number of para-hydroxylation sites is 2. The van der Waals surface area contributed by atoms with Gasteiger partial charge in [0.25, 0.3) is 5.91 Å². The molecular weight excluding hydrogens is 244 g/mol. The molecule has 0 fully saturated rings. The average Bonchev–Trinajstić information content (AvgIpc) is 2.43. The average molecular weight is 264 g/mol. The summed E-state index contributed by atoms with van der Waals surface area (Å²) in [5.74, 6) is 0.844. The molecule has 0 heterocycles. The number of carbonyl (C=O) groups excluding carboxylic acids is 1. The molecule has 0 saturated heterocycles. The van der Waals surface area contributed by atoms with E-state index < -0.39 is 0 Å². The number of hydrazone groups is 1. The minimum Gasteiger partial charge on any atom is -0.493 e. The number of nitrogens with zero attached hydrogens (tertiary/aromatic N) is 1. The number of hydrogen-bond donors (Lipinski definition) is 1. The van der Waals surface area contributed by atoms with Gasteiger partial charge in [-0.1, -0.05) is 25.5 Å². The third kappa shape index (κ3) is 5.42. The Kier molecular flexibility index (Phi) is 6.43. The van der Waals surface area contributed by atoms with E-state index in [1.165, 1.54) is 0 Å². The zero-order valence-corrected chi connectivity index (χ0v) is 11.6. The van der Waals surface area contributed by atoms with Crippen molar-refractivity contribution in [2.24, 2.45) is 5.10 Å². The molecule has 1 rings (SSSR count). The van der Waals surface area contributed by atoms with E-state index in [1.54, 1.807) is 19.2 Å². The molecule has 0 saturated carbocycles. The Morgan fingerprint density at radius 3 is 2.63 bits per heavy atom. The first-order valence-electron chi connectivity index (χ1n) is 6.25. The molecule has 1 aromatic carbocycles. The number of methoxy groups -OCH3 is 1. The Labute approximate surface area is 113 Å². The number of ether oxygens (including phenoxy) is 2. The lowest BCUT2D eigenvalue weighted by Crippen LogP contribution is -2.25. The summed E-state index contributed by atoms with van der Waals surface area (Å²) in [5.41, 5.74) is 3.35. The molecule has 5 nitrogen and oxygen atoms in total. The van der Waals surface area contributed by atoms with Crippen LogP contribution in [0.2, 0.25) is 0 Å². The van der Waals surface area contributed by atoms with Crippen molar-refractivity contribution < 1.29 is 14.3 Å². The maximum atomic E-state index is 11.5. The number of rotatable bonds is 7. The summed E-state index contributed by atoms with van der Waals surface area (Å²) < 4.78 is 10.5. The SMILES string of the molecule is CCC/C(C)=N\NC(=O)COc1ccccc1OC. The molecule has 0 radical (unpaired) electrons. The maximum absolute atomic E-state index is 11.5. The molecule has 1 N–H and O–H groups in total. The van der Waals surface area contributed by atoms with Gasteiger partial charge < -0.3 is 9.47 Å². The molecule has 0 spiro atoms. The van der Waals surface area contributed by atoms with Gasteiger partial charge in [-0.3, -0.25) is 4.79 Å². The van der Waals surface area contributed by atoms with Gasteiger partial charge in [-0.15, -0.1) is 0 Å². The van der Waals surface area contributed by atoms with Gasteiger partial charge in [0, 0.05) is 5.71 Å². The van der Waals surface area contributed by atoms with Gasteiger partial charge in [0.15, 0.2) is 18.1 Å². The van der Waals surface area contributed by atoms with Gasteiger partial charge in [0.05, 0.1) is 7.11 Å². The zero-order chi connectivity index (χ0) is 14.1. The molecule has 5 heteroatoms. The van der Waals surface area contributed by atoms with Crippen molar-refractivity contribution in [2.75, 3.05) is 13.7 Å². The molecule has 0 aliphatic rings. The molecular formula is C14H20N2O3. The second-order valence-corrected chi connectivity index (χ2v) is 4.07. The third-order valence-corrected chi connectivity index (χ3v) is 2.41. The monoisotopic (exact) mass is 264 g/mol. The van der Waals surface area contributed by atoms with Crippen LogP contribution in [0.4, 0.5) is 0 Å². The molecule has 0 aliphatic heterocycles. The van der Waals surface area contributed by atoms with Crippen molar-refractivity contribution in [3.8, 4) is 11.5 Å². The van der Waals surface area contributed by atoms with E-state index in [0.29, 0.717) is 11.5 Å². The number of hydrogen-bond acceptors (Lipinski definition) is 4.